The topological polar surface area (TPSA) is 17.1 Å². The van der Waals surface area contributed by atoms with E-state index in [1.54, 1.807) is 0 Å². The number of benzene rings is 1. The van der Waals surface area contributed by atoms with Gasteiger partial charge < -0.3 is 0 Å². The van der Waals surface area contributed by atoms with Gasteiger partial charge in [-0.15, -0.1) is 11.6 Å². The van der Waals surface area contributed by atoms with E-state index in [-0.39, 0.29) is 5.78 Å². The minimum absolute atomic E-state index is 0.271. The van der Waals surface area contributed by atoms with E-state index < -0.39 is 0 Å². The van der Waals surface area contributed by atoms with Crippen LogP contribution in [0.1, 0.15) is 34.3 Å². The van der Waals surface area contributed by atoms with E-state index in [1.807, 2.05) is 18.2 Å². The lowest BCUT2D eigenvalue weighted by Gasteiger charge is -2.14. The van der Waals surface area contributed by atoms with Crippen LogP contribution in [0.25, 0.3) is 0 Å². The molecule has 0 aromatic heterocycles. The third kappa shape index (κ3) is 1.61. The molecular formula is C11H11ClO. The molecule has 1 nitrogen and oxygen atoms in total. The summed E-state index contributed by atoms with van der Waals surface area (Å²) in [5.74, 6) is 0.758. The molecule has 1 aromatic rings. The lowest BCUT2D eigenvalue weighted by molar-refractivity contribution is 0.0972. The number of alkyl halides is 1. The number of fused-ring (bicyclic) bond motifs is 1. The maximum Gasteiger partial charge on any atom is 0.163 e. The van der Waals surface area contributed by atoms with Crippen LogP contribution in [-0.2, 0) is 12.3 Å². The Labute approximate surface area is 82.7 Å². The summed E-state index contributed by atoms with van der Waals surface area (Å²) in [6.07, 6.45) is 2.72. The van der Waals surface area contributed by atoms with Crippen molar-refractivity contribution < 1.29 is 4.79 Å². The highest BCUT2D eigenvalue weighted by Gasteiger charge is 2.16. The van der Waals surface area contributed by atoms with Crippen molar-refractivity contribution in [2.75, 3.05) is 0 Å². The van der Waals surface area contributed by atoms with Crippen molar-refractivity contribution in [3.8, 4) is 0 Å². The SMILES string of the molecule is O=C1CCCc2ccc(CCl)cc21. The number of carbonyl (C=O) groups is 1. The van der Waals surface area contributed by atoms with Gasteiger partial charge in [0.05, 0.1) is 0 Å². The largest absolute Gasteiger partial charge is 0.294 e. The van der Waals surface area contributed by atoms with Crippen LogP contribution in [0.2, 0.25) is 0 Å². The summed E-state index contributed by atoms with van der Waals surface area (Å²) in [7, 11) is 0. The summed E-state index contributed by atoms with van der Waals surface area (Å²) in [5, 5.41) is 0. The molecule has 0 N–H and O–H groups in total. The summed E-state index contributed by atoms with van der Waals surface area (Å²) in [6, 6.07) is 5.97. The van der Waals surface area contributed by atoms with E-state index >= 15 is 0 Å². The summed E-state index contributed by atoms with van der Waals surface area (Å²) in [6.45, 7) is 0. The second-order valence-corrected chi connectivity index (χ2v) is 3.67. The van der Waals surface area contributed by atoms with Crippen molar-refractivity contribution >= 4 is 17.4 Å². The summed E-state index contributed by atoms with van der Waals surface area (Å²) < 4.78 is 0. The molecule has 2 heteroatoms. The molecule has 0 radical (unpaired) electrons. The van der Waals surface area contributed by atoms with Crippen molar-refractivity contribution in [1.29, 1.82) is 0 Å². The minimum Gasteiger partial charge on any atom is -0.294 e. The van der Waals surface area contributed by atoms with Gasteiger partial charge in [0, 0.05) is 17.9 Å². The normalized spacial score (nSPS) is 15.6. The Morgan fingerprint density at radius 1 is 1.31 bits per heavy atom. The molecule has 0 atom stereocenters. The molecular weight excluding hydrogens is 184 g/mol. The third-order valence-electron chi connectivity index (χ3n) is 2.48. The van der Waals surface area contributed by atoms with E-state index in [2.05, 4.69) is 0 Å². The lowest BCUT2D eigenvalue weighted by atomic mass is 9.90. The molecule has 0 unspecified atom stereocenters. The molecule has 1 aliphatic rings. The van der Waals surface area contributed by atoms with Gasteiger partial charge in [-0.3, -0.25) is 4.79 Å². The van der Waals surface area contributed by atoms with Gasteiger partial charge in [-0.1, -0.05) is 12.1 Å². The van der Waals surface area contributed by atoms with Crippen LogP contribution in [0.5, 0.6) is 0 Å². The zero-order valence-corrected chi connectivity index (χ0v) is 8.10. The van der Waals surface area contributed by atoms with Gasteiger partial charge in [-0.25, -0.2) is 0 Å². The summed E-state index contributed by atoms with van der Waals surface area (Å²) in [4.78, 5) is 11.5. The highest BCUT2D eigenvalue weighted by Crippen LogP contribution is 2.22. The number of Topliss-reactive ketones (excluding diaryl/α,β-unsaturated/α-hetero) is 1. The maximum absolute atomic E-state index is 11.5. The van der Waals surface area contributed by atoms with Crippen LogP contribution in [-0.4, -0.2) is 5.78 Å². The Morgan fingerprint density at radius 2 is 2.15 bits per heavy atom. The molecule has 0 heterocycles. The zero-order chi connectivity index (χ0) is 9.26. The van der Waals surface area contributed by atoms with E-state index in [0.29, 0.717) is 12.3 Å². The molecule has 0 saturated carbocycles. The number of halogens is 1. The fraction of sp³-hybridized carbons (Fsp3) is 0.364. The standard InChI is InChI=1S/C11H11ClO/c12-7-8-4-5-9-2-1-3-11(13)10(9)6-8/h4-6H,1-3,7H2. The first-order valence-corrected chi connectivity index (χ1v) is 5.05. The van der Waals surface area contributed by atoms with Crippen LogP contribution in [0.3, 0.4) is 0 Å². The van der Waals surface area contributed by atoms with Gasteiger partial charge in [0.2, 0.25) is 0 Å². The fourth-order valence-electron chi connectivity index (χ4n) is 1.76. The molecule has 1 aliphatic carbocycles. The van der Waals surface area contributed by atoms with Crippen LogP contribution in [0.4, 0.5) is 0 Å². The highest BCUT2D eigenvalue weighted by atomic mass is 35.5. The van der Waals surface area contributed by atoms with Gasteiger partial charge in [0.25, 0.3) is 0 Å². The van der Waals surface area contributed by atoms with Crippen LogP contribution >= 0.6 is 11.6 Å². The Morgan fingerprint density at radius 3 is 2.92 bits per heavy atom. The molecule has 68 valence electrons. The van der Waals surface area contributed by atoms with Crippen molar-refractivity contribution in [3.05, 3.63) is 34.9 Å². The second-order valence-electron chi connectivity index (χ2n) is 3.40. The van der Waals surface area contributed by atoms with E-state index in [0.717, 1.165) is 24.0 Å². The Balaban J connectivity index is 2.47. The first kappa shape index (κ1) is 8.76. The van der Waals surface area contributed by atoms with Gasteiger partial charge in [0.1, 0.15) is 0 Å². The Bertz CT molecular complexity index is 344. The summed E-state index contributed by atoms with van der Waals surface area (Å²) >= 11 is 5.71. The lowest BCUT2D eigenvalue weighted by Crippen LogP contribution is -2.10. The van der Waals surface area contributed by atoms with Crippen LogP contribution in [0, 0.1) is 0 Å². The quantitative estimate of drug-likeness (QED) is 0.629. The second kappa shape index (κ2) is 3.51. The predicted molar refractivity (Wildman–Crippen MR) is 53.3 cm³/mol. The van der Waals surface area contributed by atoms with Gasteiger partial charge in [0.15, 0.2) is 5.78 Å². The summed E-state index contributed by atoms with van der Waals surface area (Å²) in [5.41, 5.74) is 3.12. The molecule has 0 aliphatic heterocycles. The Kier molecular flexibility index (Phi) is 2.36. The van der Waals surface area contributed by atoms with Crippen molar-refractivity contribution in [2.45, 2.75) is 25.1 Å². The number of rotatable bonds is 1. The Hall–Kier alpha value is -0.820. The van der Waals surface area contributed by atoms with E-state index in [9.17, 15) is 4.79 Å². The average Bonchev–Trinajstić information content (AvgIpc) is 2.18. The van der Waals surface area contributed by atoms with E-state index in [1.165, 1.54) is 5.56 Å². The van der Waals surface area contributed by atoms with Gasteiger partial charge >= 0.3 is 0 Å². The van der Waals surface area contributed by atoms with Crippen LogP contribution < -0.4 is 0 Å². The average molecular weight is 195 g/mol. The highest BCUT2D eigenvalue weighted by molar-refractivity contribution is 6.17. The van der Waals surface area contributed by atoms with Crippen molar-refractivity contribution in [1.82, 2.24) is 0 Å². The molecule has 1 aromatic carbocycles. The molecule has 0 amide bonds. The maximum atomic E-state index is 11.5. The minimum atomic E-state index is 0.271. The van der Waals surface area contributed by atoms with Gasteiger partial charge in [-0.05, 0) is 30.0 Å². The predicted octanol–water partition coefficient (Wildman–Crippen LogP) is 2.94. The van der Waals surface area contributed by atoms with Gasteiger partial charge in [-0.2, -0.15) is 0 Å². The van der Waals surface area contributed by atoms with E-state index in [4.69, 9.17) is 11.6 Å². The molecule has 13 heavy (non-hydrogen) atoms. The molecule has 2 rings (SSSR count). The number of hydrogen-bond donors (Lipinski definition) is 0. The smallest absolute Gasteiger partial charge is 0.163 e. The van der Waals surface area contributed by atoms with Crippen molar-refractivity contribution in [2.24, 2.45) is 0 Å². The molecule has 0 spiro atoms. The van der Waals surface area contributed by atoms with Crippen LogP contribution in [0.15, 0.2) is 18.2 Å². The molecule has 0 saturated heterocycles. The number of carbonyl (C=O) groups excluding carboxylic acids is 1. The number of aryl methyl sites for hydroxylation is 1. The molecule has 0 fully saturated rings. The first-order chi connectivity index (χ1) is 6.31. The monoisotopic (exact) mass is 194 g/mol. The van der Waals surface area contributed by atoms with Crippen molar-refractivity contribution in [3.63, 3.8) is 0 Å². The fourth-order valence-corrected chi connectivity index (χ4v) is 1.92. The zero-order valence-electron chi connectivity index (χ0n) is 7.35. The number of ketones is 1. The molecule has 0 bridgehead atoms. The first-order valence-electron chi connectivity index (χ1n) is 4.52. The number of hydrogen-bond acceptors (Lipinski definition) is 1. The third-order valence-corrected chi connectivity index (χ3v) is 2.79.